The number of nitrogen functional groups attached to an aromatic ring is 1. The fraction of sp³-hybridized carbons (Fsp3) is 0.250. The number of morpholine rings is 1. The zero-order valence-electron chi connectivity index (χ0n) is 18.7. The van der Waals surface area contributed by atoms with Gasteiger partial charge < -0.3 is 15.4 Å². The lowest BCUT2D eigenvalue weighted by Gasteiger charge is -2.29. The number of benzene rings is 2. The Kier molecular flexibility index (Phi) is 5.84. The highest BCUT2D eigenvalue weighted by molar-refractivity contribution is 7.89. The molecule has 174 valence electrons. The van der Waals surface area contributed by atoms with Gasteiger partial charge in [-0.2, -0.15) is 0 Å². The zero-order chi connectivity index (χ0) is 23.7. The highest BCUT2D eigenvalue weighted by atomic mass is 32.2. The van der Waals surface area contributed by atoms with Crippen molar-refractivity contribution >= 4 is 32.5 Å². The molecule has 0 spiro atoms. The summed E-state index contributed by atoms with van der Waals surface area (Å²) < 4.78 is 29.0. The monoisotopic (exact) mass is 476 g/mol. The number of hydrogen-bond acceptors (Lipinski definition) is 9. The van der Waals surface area contributed by atoms with Gasteiger partial charge in [-0.1, -0.05) is 30.3 Å². The van der Waals surface area contributed by atoms with E-state index in [1.807, 2.05) is 42.5 Å². The third kappa shape index (κ3) is 4.82. The van der Waals surface area contributed by atoms with Crippen molar-refractivity contribution in [2.75, 3.05) is 43.2 Å². The molecule has 0 radical (unpaired) electrons. The number of rotatable bonds is 5. The Morgan fingerprint density at radius 1 is 0.971 bits per heavy atom. The maximum Gasteiger partial charge on any atom is 0.219 e. The Bertz CT molecular complexity index is 1450. The summed E-state index contributed by atoms with van der Waals surface area (Å²) in [5.74, 6) is 1.53. The molecule has 34 heavy (non-hydrogen) atoms. The number of anilines is 2. The quantitative estimate of drug-likeness (QED) is 0.463. The molecular weight excluding hydrogens is 452 g/mol. The van der Waals surface area contributed by atoms with Gasteiger partial charge >= 0.3 is 0 Å². The summed E-state index contributed by atoms with van der Waals surface area (Å²) in [5, 5.41) is 0.929. The first-order chi connectivity index (χ1) is 16.4. The topological polar surface area (TPSA) is 124 Å². The second-order valence-corrected chi connectivity index (χ2v) is 10.4. The number of fused-ring (bicyclic) bond motifs is 1. The molecule has 2 N–H and O–H groups in total. The predicted octanol–water partition coefficient (Wildman–Crippen LogP) is 2.72. The second-order valence-electron chi connectivity index (χ2n) is 8.30. The van der Waals surface area contributed by atoms with Crippen LogP contribution in [-0.4, -0.2) is 60.9 Å². The third-order valence-corrected chi connectivity index (χ3v) is 6.46. The fourth-order valence-electron chi connectivity index (χ4n) is 4.03. The largest absolute Gasteiger partial charge is 0.378 e. The lowest BCUT2D eigenvalue weighted by molar-refractivity contribution is 0.122. The molecule has 0 unspecified atom stereocenters. The maximum absolute atomic E-state index is 11.8. The maximum atomic E-state index is 11.8. The molecule has 0 saturated carbocycles. The lowest BCUT2D eigenvalue weighted by atomic mass is 10.0. The number of hydrogen-bond donors (Lipinski definition) is 1. The summed E-state index contributed by atoms with van der Waals surface area (Å²) in [6, 6.07) is 13.6. The second kappa shape index (κ2) is 8.96. The summed E-state index contributed by atoms with van der Waals surface area (Å²) in [5.41, 5.74) is 9.71. The van der Waals surface area contributed by atoms with Gasteiger partial charge in [-0.15, -0.1) is 0 Å². The van der Waals surface area contributed by atoms with Crippen molar-refractivity contribution in [1.29, 1.82) is 0 Å². The van der Waals surface area contributed by atoms with Gasteiger partial charge in [0, 0.05) is 37.1 Å². The van der Waals surface area contributed by atoms with Gasteiger partial charge in [0.05, 0.1) is 30.0 Å². The fourth-order valence-corrected chi connectivity index (χ4v) is 4.82. The molecule has 0 aliphatic carbocycles. The first-order valence-corrected chi connectivity index (χ1v) is 12.9. The van der Waals surface area contributed by atoms with Gasteiger partial charge in [-0.25, -0.2) is 28.4 Å². The number of nitrogens with zero attached hydrogens (tertiary/aromatic N) is 5. The molecule has 1 aliphatic heterocycles. The molecule has 2 aromatic heterocycles. The molecule has 0 bridgehead atoms. The summed E-state index contributed by atoms with van der Waals surface area (Å²) in [7, 11) is -3.13. The van der Waals surface area contributed by atoms with E-state index in [1.165, 1.54) is 6.26 Å². The van der Waals surface area contributed by atoms with Crippen LogP contribution in [0.25, 0.3) is 33.4 Å². The molecule has 10 heteroatoms. The average Bonchev–Trinajstić information content (AvgIpc) is 2.83. The molecule has 1 aliphatic rings. The Labute approximate surface area is 197 Å². The SMILES string of the molecule is CS(=O)(=O)Cc1cccc(-c2ccc3c(N4CCOCC4)nc(-c4cnc(N)nc4)nc3c2)c1. The van der Waals surface area contributed by atoms with E-state index in [2.05, 4.69) is 14.9 Å². The van der Waals surface area contributed by atoms with Crippen LogP contribution in [0.15, 0.2) is 54.9 Å². The van der Waals surface area contributed by atoms with E-state index in [0.29, 0.717) is 24.6 Å². The van der Waals surface area contributed by atoms with Crippen LogP contribution in [0.1, 0.15) is 5.56 Å². The standard InChI is InChI=1S/C24H24N6O3S/c1-34(31,32)15-16-3-2-4-17(11-16)18-5-6-20-21(12-18)28-22(19-13-26-24(25)27-14-19)29-23(20)30-7-9-33-10-8-30/h2-6,11-14H,7-10,15H2,1H3,(H2,25,26,27). The van der Waals surface area contributed by atoms with E-state index in [0.717, 1.165) is 46.5 Å². The zero-order valence-corrected chi connectivity index (χ0v) is 19.5. The van der Waals surface area contributed by atoms with Gasteiger partial charge in [-0.3, -0.25) is 0 Å². The normalized spacial score (nSPS) is 14.4. The van der Waals surface area contributed by atoms with Crippen molar-refractivity contribution in [1.82, 2.24) is 19.9 Å². The van der Waals surface area contributed by atoms with E-state index >= 15 is 0 Å². The minimum atomic E-state index is -3.13. The van der Waals surface area contributed by atoms with E-state index in [-0.39, 0.29) is 11.7 Å². The smallest absolute Gasteiger partial charge is 0.219 e. The van der Waals surface area contributed by atoms with Gasteiger partial charge in [-0.05, 0) is 28.8 Å². The molecule has 4 aromatic rings. The number of nitrogens with two attached hydrogens (primary N) is 1. The van der Waals surface area contributed by atoms with Gasteiger partial charge in [0.1, 0.15) is 5.82 Å². The van der Waals surface area contributed by atoms with Gasteiger partial charge in [0.15, 0.2) is 15.7 Å². The van der Waals surface area contributed by atoms with Crippen molar-refractivity contribution in [3.63, 3.8) is 0 Å². The van der Waals surface area contributed by atoms with Crippen molar-refractivity contribution in [2.45, 2.75) is 5.75 Å². The lowest BCUT2D eigenvalue weighted by Crippen LogP contribution is -2.37. The molecule has 1 fully saturated rings. The number of aromatic nitrogens is 4. The highest BCUT2D eigenvalue weighted by Gasteiger charge is 2.19. The Morgan fingerprint density at radius 2 is 1.71 bits per heavy atom. The van der Waals surface area contributed by atoms with Crippen LogP contribution in [-0.2, 0) is 20.3 Å². The summed E-state index contributed by atoms with van der Waals surface area (Å²) in [6.07, 6.45) is 4.47. The van der Waals surface area contributed by atoms with Crippen LogP contribution < -0.4 is 10.6 Å². The minimum absolute atomic E-state index is 0.000936. The summed E-state index contributed by atoms with van der Waals surface area (Å²) in [6.45, 7) is 2.74. The Balaban J connectivity index is 1.63. The van der Waals surface area contributed by atoms with Crippen LogP contribution in [0.2, 0.25) is 0 Å². The first kappa shape index (κ1) is 22.2. The van der Waals surface area contributed by atoms with E-state index < -0.39 is 9.84 Å². The summed E-state index contributed by atoms with van der Waals surface area (Å²) >= 11 is 0. The third-order valence-electron chi connectivity index (χ3n) is 5.61. The molecule has 2 aromatic carbocycles. The van der Waals surface area contributed by atoms with E-state index in [9.17, 15) is 8.42 Å². The van der Waals surface area contributed by atoms with Crippen molar-refractivity contribution in [3.05, 3.63) is 60.4 Å². The van der Waals surface area contributed by atoms with Crippen LogP contribution in [0.4, 0.5) is 11.8 Å². The van der Waals surface area contributed by atoms with E-state index in [1.54, 1.807) is 12.4 Å². The van der Waals surface area contributed by atoms with Crippen molar-refractivity contribution in [3.8, 4) is 22.5 Å². The number of ether oxygens (including phenoxy) is 1. The number of sulfone groups is 1. The predicted molar refractivity (Wildman–Crippen MR) is 132 cm³/mol. The molecule has 0 atom stereocenters. The van der Waals surface area contributed by atoms with Crippen LogP contribution >= 0.6 is 0 Å². The van der Waals surface area contributed by atoms with Crippen molar-refractivity contribution in [2.24, 2.45) is 0 Å². The van der Waals surface area contributed by atoms with Crippen LogP contribution in [0.3, 0.4) is 0 Å². The molecule has 3 heterocycles. The summed E-state index contributed by atoms with van der Waals surface area (Å²) in [4.78, 5) is 20.0. The molecule has 5 rings (SSSR count). The Hall–Kier alpha value is -3.63. The van der Waals surface area contributed by atoms with Crippen LogP contribution in [0, 0.1) is 0 Å². The van der Waals surface area contributed by atoms with E-state index in [4.69, 9.17) is 20.4 Å². The Morgan fingerprint density at radius 3 is 2.44 bits per heavy atom. The molecule has 0 amide bonds. The minimum Gasteiger partial charge on any atom is -0.378 e. The molecular formula is C24H24N6O3S. The molecule has 9 nitrogen and oxygen atoms in total. The molecule has 1 saturated heterocycles. The highest BCUT2D eigenvalue weighted by Crippen LogP contribution is 2.31. The van der Waals surface area contributed by atoms with Crippen molar-refractivity contribution < 1.29 is 13.2 Å². The van der Waals surface area contributed by atoms with Crippen LogP contribution in [0.5, 0.6) is 0 Å². The van der Waals surface area contributed by atoms with Gasteiger partial charge in [0.2, 0.25) is 5.95 Å². The average molecular weight is 477 g/mol. The first-order valence-electron chi connectivity index (χ1n) is 10.9. The van der Waals surface area contributed by atoms with Gasteiger partial charge in [0.25, 0.3) is 0 Å².